The van der Waals surface area contributed by atoms with Crippen molar-refractivity contribution in [3.63, 3.8) is 0 Å². The third kappa shape index (κ3) is 3.12. The van der Waals surface area contributed by atoms with Crippen molar-refractivity contribution in [1.82, 2.24) is 4.90 Å². The molecule has 0 radical (unpaired) electrons. The summed E-state index contributed by atoms with van der Waals surface area (Å²) in [5.41, 5.74) is 4.48. The van der Waals surface area contributed by atoms with Gasteiger partial charge in [0, 0.05) is 24.7 Å². The predicted octanol–water partition coefficient (Wildman–Crippen LogP) is 5.23. The van der Waals surface area contributed by atoms with Crippen LogP contribution in [0.5, 0.6) is 5.75 Å². The van der Waals surface area contributed by atoms with Gasteiger partial charge in [-0.25, -0.2) is 0 Å². The average Bonchev–Trinajstić information content (AvgIpc) is 2.69. The first kappa shape index (κ1) is 16.8. The van der Waals surface area contributed by atoms with E-state index in [-0.39, 0.29) is 0 Å². The largest absolute Gasteiger partial charge is 0.496 e. The number of rotatable bonds is 3. The second-order valence-electron chi connectivity index (χ2n) is 8.17. The number of hydrogen-bond acceptors (Lipinski definition) is 2. The molecule has 2 heteroatoms. The molecule has 2 atom stereocenters. The third-order valence-electron chi connectivity index (χ3n) is 6.58. The predicted molar refractivity (Wildman–Crippen MR) is 111 cm³/mol. The summed E-state index contributed by atoms with van der Waals surface area (Å²) < 4.78 is 5.76. The molecule has 2 nitrogen and oxygen atoms in total. The molecule has 6 rings (SSSR count). The highest BCUT2D eigenvalue weighted by Crippen LogP contribution is 2.36. The van der Waals surface area contributed by atoms with Crippen molar-refractivity contribution in [3.05, 3.63) is 77.4 Å². The number of nitrogens with zero attached hydrogens (tertiary/aromatic N) is 1. The maximum absolute atomic E-state index is 5.76. The van der Waals surface area contributed by atoms with Gasteiger partial charge in [-0.05, 0) is 59.6 Å². The van der Waals surface area contributed by atoms with Crippen LogP contribution < -0.4 is 4.74 Å². The minimum absolute atomic E-state index is 0.631. The quantitative estimate of drug-likeness (QED) is 0.636. The number of hydrogen-bond donors (Lipinski definition) is 0. The van der Waals surface area contributed by atoms with Gasteiger partial charge in [0.15, 0.2) is 0 Å². The minimum atomic E-state index is 0.631. The van der Waals surface area contributed by atoms with Crippen LogP contribution >= 0.6 is 0 Å². The first-order valence-corrected chi connectivity index (χ1v) is 10.2. The van der Waals surface area contributed by atoms with E-state index < -0.39 is 0 Å². The normalized spacial score (nSPS) is 22.3. The van der Waals surface area contributed by atoms with Crippen molar-refractivity contribution >= 4 is 10.8 Å². The maximum atomic E-state index is 5.76. The van der Waals surface area contributed by atoms with E-state index in [4.69, 9.17) is 4.74 Å². The molecule has 0 N–H and O–H groups in total. The maximum Gasteiger partial charge on any atom is 0.123 e. The van der Waals surface area contributed by atoms with Crippen molar-refractivity contribution in [3.8, 4) is 5.75 Å². The van der Waals surface area contributed by atoms with E-state index in [1.54, 1.807) is 18.2 Å². The Balaban J connectivity index is 1.51. The lowest BCUT2D eigenvalue weighted by Gasteiger charge is -2.42. The highest BCUT2D eigenvalue weighted by molar-refractivity contribution is 5.87. The Hall–Kier alpha value is -2.32. The summed E-state index contributed by atoms with van der Waals surface area (Å²) in [6.07, 6.45) is 5.08. The first-order valence-electron chi connectivity index (χ1n) is 10.2. The molecule has 2 aliphatic heterocycles. The fraction of sp³-hybridized carbons (Fsp3) is 0.360. The van der Waals surface area contributed by atoms with Crippen LogP contribution in [0.2, 0.25) is 0 Å². The van der Waals surface area contributed by atoms with Gasteiger partial charge in [-0.3, -0.25) is 4.90 Å². The Morgan fingerprint density at radius 2 is 1.67 bits per heavy atom. The van der Waals surface area contributed by atoms with Gasteiger partial charge in [0.2, 0.25) is 0 Å². The van der Waals surface area contributed by atoms with Crippen LogP contribution in [0.1, 0.15) is 29.5 Å². The number of fused-ring (bicyclic) bond motifs is 3. The topological polar surface area (TPSA) is 12.5 Å². The van der Waals surface area contributed by atoms with Crippen molar-refractivity contribution in [2.75, 3.05) is 13.7 Å². The van der Waals surface area contributed by atoms with Crippen LogP contribution in [-0.2, 0) is 19.4 Å². The number of methoxy groups -OCH3 is 1. The van der Waals surface area contributed by atoms with E-state index in [9.17, 15) is 0 Å². The van der Waals surface area contributed by atoms with Crippen molar-refractivity contribution in [1.29, 1.82) is 0 Å². The van der Waals surface area contributed by atoms with Crippen LogP contribution in [0.4, 0.5) is 0 Å². The lowest BCUT2D eigenvalue weighted by molar-refractivity contribution is 0.0934. The molecule has 3 aromatic rings. The van der Waals surface area contributed by atoms with Gasteiger partial charge in [0.05, 0.1) is 7.11 Å². The van der Waals surface area contributed by atoms with E-state index in [1.807, 2.05) is 0 Å². The zero-order valence-corrected chi connectivity index (χ0v) is 16.0. The Bertz CT molecular complexity index is 963. The Morgan fingerprint density at radius 3 is 2.52 bits per heavy atom. The molecule has 1 fully saturated rings. The molecule has 27 heavy (non-hydrogen) atoms. The Morgan fingerprint density at radius 1 is 0.889 bits per heavy atom. The van der Waals surface area contributed by atoms with Gasteiger partial charge in [-0.2, -0.15) is 0 Å². The molecule has 2 heterocycles. The zero-order valence-electron chi connectivity index (χ0n) is 16.0. The van der Waals surface area contributed by atoms with Crippen LogP contribution in [-0.4, -0.2) is 24.6 Å². The lowest BCUT2D eigenvalue weighted by Crippen LogP contribution is -2.46. The van der Waals surface area contributed by atoms with Gasteiger partial charge in [-0.15, -0.1) is 0 Å². The number of piperidine rings is 1. The molecule has 2 bridgehead atoms. The monoisotopic (exact) mass is 357 g/mol. The van der Waals surface area contributed by atoms with Gasteiger partial charge >= 0.3 is 0 Å². The fourth-order valence-corrected chi connectivity index (χ4v) is 5.17. The third-order valence-corrected chi connectivity index (χ3v) is 6.58. The molecule has 0 amide bonds. The summed E-state index contributed by atoms with van der Waals surface area (Å²) in [4.78, 5) is 2.73. The second-order valence-corrected chi connectivity index (χ2v) is 8.17. The van der Waals surface area contributed by atoms with Gasteiger partial charge < -0.3 is 4.74 Å². The van der Waals surface area contributed by atoms with E-state index in [0.29, 0.717) is 6.04 Å². The van der Waals surface area contributed by atoms with Gasteiger partial charge in [0.25, 0.3) is 0 Å². The molecule has 0 saturated carbocycles. The molecule has 0 spiro atoms. The molecule has 138 valence electrons. The van der Waals surface area contributed by atoms with Crippen LogP contribution in [0.3, 0.4) is 0 Å². The van der Waals surface area contributed by atoms with Crippen LogP contribution in [0.15, 0.2) is 60.7 Å². The summed E-state index contributed by atoms with van der Waals surface area (Å²) in [5.74, 6) is 1.79. The Labute approximate surface area is 161 Å². The molecule has 0 aromatic heterocycles. The van der Waals surface area contributed by atoms with E-state index in [2.05, 4.69) is 65.6 Å². The van der Waals surface area contributed by atoms with Crippen LogP contribution in [0, 0.1) is 5.92 Å². The first-order chi connectivity index (χ1) is 13.3. The second kappa shape index (κ2) is 7.01. The minimum Gasteiger partial charge on any atom is -0.496 e. The lowest BCUT2D eigenvalue weighted by atomic mass is 9.80. The number of benzene rings is 3. The SMILES string of the molecule is COc1ccc2ccccc2c1CN1C[C@@H]2CC[C@H]1Cc1ccccc1C2. The molecule has 0 unspecified atom stereocenters. The summed E-state index contributed by atoms with van der Waals surface area (Å²) in [6.45, 7) is 2.18. The van der Waals surface area contributed by atoms with E-state index >= 15 is 0 Å². The Kier molecular flexibility index (Phi) is 4.37. The highest BCUT2D eigenvalue weighted by atomic mass is 16.5. The van der Waals surface area contributed by atoms with E-state index in [1.165, 1.54) is 48.6 Å². The molecule has 3 aliphatic rings. The molecular formula is C25H27NO. The van der Waals surface area contributed by atoms with Gasteiger partial charge in [-0.1, -0.05) is 54.6 Å². The van der Waals surface area contributed by atoms with Crippen molar-refractivity contribution < 1.29 is 4.74 Å². The highest BCUT2D eigenvalue weighted by Gasteiger charge is 2.32. The summed E-state index contributed by atoms with van der Waals surface area (Å²) >= 11 is 0. The summed E-state index contributed by atoms with van der Waals surface area (Å²) in [7, 11) is 1.80. The molecule has 1 aliphatic carbocycles. The smallest absolute Gasteiger partial charge is 0.123 e. The van der Waals surface area contributed by atoms with Gasteiger partial charge in [0.1, 0.15) is 5.75 Å². The molecule has 3 aromatic carbocycles. The molecule has 1 saturated heterocycles. The zero-order chi connectivity index (χ0) is 18.2. The fourth-order valence-electron chi connectivity index (χ4n) is 5.17. The van der Waals surface area contributed by atoms with Crippen molar-refractivity contribution in [2.24, 2.45) is 5.92 Å². The van der Waals surface area contributed by atoms with E-state index in [0.717, 1.165) is 18.2 Å². The number of ether oxygens (including phenoxy) is 1. The summed E-state index contributed by atoms with van der Waals surface area (Å²) in [5, 5.41) is 2.63. The molecular weight excluding hydrogens is 330 g/mol. The standard InChI is InChI=1S/C25H27NO/c1-27-25-13-11-19-6-4-5-9-23(19)24(25)17-26-16-18-10-12-22(26)15-21-8-3-2-7-20(21)14-18/h2-9,11,13,18,22H,10,12,14-17H2,1H3/t18-,22+/m1/s1. The van der Waals surface area contributed by atoms with Crippen LogP contribution in [0.25, 0.3) is 10.8 Å². The average molecular weight is 357 g/mol. The summed E-state index contributed by atoms with van der Waals surface area (Å²) in [6, 6.07) is 22.7. The van der Waals surface area contributed by atoms with Crippen molar-refractivity contribution in [2.45, 2.75) is 38.3 Å².